The van der Waals surface area contributed by atoms with E-state index in [2.05, 4.69) is 37.7 Å². The van der Waals surface area contributed by atoms with Crippen LogP contribution in [0.15, 0.2) is 11.4 Å². The topological polar surface area (TPSA) is 12.0 Å². The lowest BCUT2D eigenvalue weighted by Gasteiger charge is -2.34. The maximum atomic E-state index is 3.60. The summed E-state index contributed by atoms with van der Waals surface area (Å²) in [6, 6.07) is 2.90. The zero-order valence-electron chi connectivity index (χ0n) is 12.0. The van der Waals surface area contributed by atoms with Gasteiger partial charge in [0, 0.05) is 10.9 Å². The fourth-order valence-electron chi connectivity index (χ4n) is 3.50. The molecule has 1 aromatic heterocycles. The number of rotatable bonds is 5. The van der Waals surface area contributed by atoms with Gasteiger partial charge in [-0.2, -0.15) is 0 Å². The van der Waals surface area contributed by atoms with Gasteiger partial charge in [-0.05, 0) is 55.2 Å². The lowest BCUT2D eigenvalue weighted by Crippen LogP contribution is -2.29. The summed E-state index contributed by atoms with van der Waals surface area (Å²) in [6.07, 6.45) is 8.23. The molecule has 1 aliphatic rings. The van der Waals surface area contributed by atoms with E-state index < -0.39 is 0 Å². The molecular formula is C16H27NS. The highest BCUT2D eigenvalue weighted by Crippen LogP contribution is 2.40. The number of aryl methyl sites for hydroxylation is 1. The number of nitrogens with one attached hydrogen (secondary N) is 1. The molecule has 0 aromatic carbocycles. The molecule has 1 heterocycles. The zero-order valence-corrected chi connectivity index (χ0v) is 12.9. The van der Waals surface area contributed by atoms with Crippen LogP contribution in [0.4, 0.5) is 0 Å². The van der Waals surface area contributed by atoms with E-state index in [1.54, 1.807) is 10.4 Å². The van der Waals surface area contributed by atoms with Crippen molar-refractivity contribution >= 4 is 11.3 Å². The van der Waals surface area contributed by atoms with Crippen LogP contribution < -0.4 is 5.32 Å². The van der Waals surface area contributed by atoms with Gasteiger partial charge in [0.1, 0.15) is 0 Å². The van der Waals surface area contributed by atoms with Gasteiger partial charge in [0.15, 0.2) is 0 Å². The Morgan fingerprint density at radius 1 is 1.39 bits per heavy atom. The van der Waals surface area contributed by atoms with E-state index >= 15 is 0 Å². The molecule has 1 fully saturated rings. The van der Waals surface area contributed by atoms with Gasteiger partial charge >= 0.3 is 0 Å². The Bertz CT molecular complexity index is 358. The molecular weight excluding hydrogens is 238 g/mol. The molecule has 2 heteroatoms. The van der Waals surface area contributed by atoms with Crippen molar-refractivity contribution < 1.29 is 0 Å². The standard InChI is InChI=1S/C16H27NS/c1-4-12-7-6-8-14(11-12)15(17-3)16-13(5-2)9-10-18-16/h9-10,12,14-15,17H,4-8,11H2,1-3H3. The third-order valence-corrected chi connectivity index (χ3v) is 5.67. The molecule has 102 valence electrons. The second-order valence-electron chi connectivity index (χ2n) is 5.63. The molecule has 2 rings (SSSR count). The van der Waals surface area contributed by atoms with Gasteiger partial charge < -0.3 is 5.32 Å². The quantitative estimate of drug-likeness (QED) is 0.807. The van der Waals surface area contributed by atoms with Gasteiger partial charge in [-0.3, -0.25) is 0 Å². The van der Waals surface area contributed by atoms with Crippen LogP contribution >= 0.6 is 11.3 Å². The second-order valence-corrected chi connectivity index (χ2v) is 6.58. The Balaban J connectivity index is 2.13. The van der Waals surface area contributed by atoms with Crippen LogP contribution in [0.5, 0.6) is 0 Å². The van der Waals surface area contributed by atoms with Gasteiger partial charge in [0.25, 0.3) is 0 Å². The largest absolute Gasteiger partial charge is 0.312 e. The average molecular weight is 265 g/mol. The Morgan fingerprint density at radius 2 is 2.22 bits per heavy atom. The third kappa shape index (κ3) is 2.97. The third-order valence-electron chi connectivity index (χ3n) is 4.63. The predicted octanol–water partition coefficient (Wildman–Crippen LogP) is 4.79. The Morgan fingerprint density at radius 3 is 2.89 bits per heavy atom. The Hall–Kier alpha value is -0.340. The van der Waals surface area contributed by atoms with Crippen molar-refractivity contribution in [2.75, 3.05) is 7.05 Å². The summed E-state index contributed by atoms with van der Waals surface area (Å²) < 4.78 is 0. The van der Waals surface area contributed by atoms with Crippen LogP contribution in [-0.4, -0.2) is 7.05 Å². The summed E-state index contributed by atoms with van der Waals surface area (Å²) in [6.45, 7) is 4.62. The van der Waals surface area contributed by atoms with Gasteiger partial charge in [0.2, 0.25) is 0 Å². The predicted molar refractivity (Wildman–Crippen MR) is 81.2 cm³/mol. The minimum atomic E-state index is 0.592. The van der Waals surface area contributed by atoms with Crippen LogP contribution in [0.25, 0.3) is 0 Å². The summed E-state index contributed by atoms with van der Waals surface area (Å²) in [4.78, 5) is 1.60. The highest BCUT2D eigenvalue weighted by Gasteiger charge is 2.29. The van der Waals surface area contributed by atoms with Gasteiger partial charge in [0.05, 0.1) is 0 Å². The SMILES string of the molecule is CCc1ccsc1C(NC)C1CCCC(CC)C1. The van der Waals surface area contributed by atoms with Gasteiger partial charge in [-0.15, -0.1) is 11.3 Å². The van der Waals surface area contributed by atoms with Crippen molar-refractivity contribution in [3.63, 3.8) is 0 Å². The van der Waals surface area contributed by atoms with Crippen LogP contribution in [0.2, 0.25) is 0 Å². The highest BCUT2D eigenvalue weighted by atomic mass is 32.1. The average Bonchev–Trinajstić information content (AvgIpc) is 2.88. The minimum Gasteiger partial charge on any atom is -0.312 e. The van der Waals surface area contributed by atoms with Gasteiger partial charge in [-0.1, -0.05) is 33.1 Å². The number of hydrogen-bond acceptors (Lipinski definition) is 2. The van der Waals surface area contributed by atoms with E-state index in [9.17, 15) is 0 Å². The molecule has 0 bridgehead atoms. The molecule has 0 aliphatic heterocycles. The molecule has 0 spiro atoms. The molecule has 1 saturated carbocycles. The zero-order chi connectivity index (χ0) is 13.0. The monoisotopic (exact) mass is 265 g/mol. The molecule has 1 aromatic rings. The first-order valence-electron chi connectivity index (χ1n) is 7.53. The highest BCUT2D eigenvalue weighted by molar-refractivity contribution is 7.10. The van der Waals surface area contributed by atoms with E-state index in [4.69, 9.17) is 0 Å². The number of hydrogen-bond donors (Lipinski definition) is 1. The molecule has 0 radical (unpaired) electrons. The van der Waals surface area contributed by atoms with Crippen molar-refractivity contribution in [3.05, 3.63) is 21.9 Å². The molecule has 1 aliphatic carbocycles. The van der Waals surface area contributed by atoms with Crippen molar-refractivity contribution in [1.82, 2.24) is 5.32 Å². The minimum absolute atomic E-state index is 0.592. The normalized spacial score (nSPS) is 26.2. The lowest BCUT2D eigenvalue weighted by atomic mass is 9.76. The smallest absolute Gasteiger partial charge is 0.0443 e. The second kappa shape index (κ2) is 6.72. The maximum absolute atomic E-state index is 3.60. The summed E-state index contributed by atoms with van der Waals surface area (Å²) in [7, 11) is 2.14. The van der Waals surface area contributed by atoms with E-state index in [0.717, 1.165) is 11.8 Å². The van der Waals surface area contributed by atoms with Gasteiger partial charge in [-0.25, -0.2) is 0 Å². The van der Waals surface area contributed by atoms with E-state index in [0.29, 0.717) is 6.04 Å². The summed E-state index contributed by atoms with van der Waals surface area (Å²) >= 11 is 1.95. The molecule has 3 atom stereocenters. The molecule has 1 N–H and O–H groups in total. The summed E-state index contributed by atoms with van der Waals surface area (Å²) in [5, 5.41) is 5.87. The maximum Gasteiger partial charge on any atom is 0.0443 e. The molecule has 0 amide bonds. The fourth-order valence-corrected chi connectivity index (χ4v) is 4.70. The first-order valence-corrected chi connectivity index (χ1v) is 8.41. The Kier molecular flexibility index (Phi) is 5.25. The summed E-state index contributed by atoms with van der Waals surface area (Å²) in [5.74, 6) is 1.81. The molecule has 3 unspecified atom stereocenters. The fraction of sp³-hybridized carbons (Fsp3) is 0.750. The van der Waals surface area contributed by atoms with Crippen LogP contribution in [0.1, 0.15) is 62.4 Å². The van der Waals surface area contributed by atoms with Crippen molar-refractivity contribution in [2.24, 2.45) is 11.8 Å². The van der Waals surface area contributed by atoms with Crippen molar-refractivity contribution in [3.8, 4) is 0 Å². The van der Waals surface area contributed by atoms with E-state index in [1.807, 2.05) is 11.3 Å². The molecule has 0 saturated heterocycles. The molecule has 1 nitrogen and oxygen atoms in total. The van der Waals surface area contributed by atoms with E-state index in [-0.39, 0.29) is 0 Å². The lowest BCUT2D eigenvalue weighted by molar-refractivity contribution is 0.216. The van der Waals surface area contributed by atoms with E-state index in [1.165, 1.54) is 38.5 Å². The first kappa shape index (κ1) is 14.1. The molecule has 18 heavy (non-hydrogen) atoms. The van der Waals surface area contributed by atoms with Crippen molar-refractivity contribution in [1.29, 1.82) is 0 Å². The summed E-state index contributed by atoms with van der Waals surface area (Å²) in [5.41, 5.74) is 1.55. The van der Waals surface area contributed by atoms with Crippen LogP contribution in [-0.2, 0) is 6.42 Å². The Labute approximate surface area is 116 Å². The van der Waals surface area contributed by atoms with Crippen LogP contribution in [0.3, 0.4) is 0 Å². The van der Waals surface area contributed by atoms with Crippen LogP contribution in [0, 0.1) is 11.8 Å². The first-order chi connectivity index (χ1) is 8.80. The van der Waals surface area contributed by atoms with Crippen molar-refractivity contribution in [2.45, 2.75) is 58.4 Å². The number of thiophene rings is 1.